The van der Waals surface area contributed by atoms with Crippen molar-refractivity contribution in [2.75, 3.05) is 0 Å². The van der Waals surface area contributed by atoms with Crippen LogP contribution in [0.25, 0.3) is 0 Å². The fourth-order valence-corrected chi connectivity index (χ4v) is 7.63. The molecule has 0 N–H and O–H groups in total. The van der Waals surface area contributed by atoms with E-state index in [2.05, 4.69) is 20.8 Å². The Morgan fingerprint density at radius 1 is 0.952 bits per heavy atom. The highest BCUT2D eigenvalue weighted by Crippen LogP contribution is 2.67. The minimum Gasteiger partial charge on any atom is -0.0651 e. The SMILES string of the molecule is [2H]C1CC[C@@]2(C)C(CC[C@H]3[C@@H]4CC[C@H](C([2H])C)[C@@]4(C)CC[C@@H]32)C1. The summed E-state index contributed by atoms with van der Waals surface area (Å²) in [5.41, 5.74) is 0.991. The van der Waals surface area contributed by atoms with Gasteiger partial charge < -0.3 is 0 Å². The number of hydrogen-bond donors (Lipinski definition) is 0. The minimum absolute atomic E-state index is 0.118. The fraction of sp³-hybridized carbons (Fsp3) is 1.00. The van der Waals surface area contributed by atoms with Gasteiger partial charge in [0.2, 0.25) is 0 Å². The standard InChI is InChI=1S/C21H36/c1-4-15-9-11-18-17-10-8-16-7-5-6-13-20(16,2)19(17)12-14-21(15,18)3/h15-19H,4-14H2,1-3H3/t15-,16?,17-,18-,19-,20-,21+/m0/s1/i4D,5D/t4?,5?,15-,16?,17-,18-,19-,20-,21+. The second-order valence-electron chi connectivity index (χ2n) is 9.28. The van der Waals surface area contributed by atoms with Crippen LogP contribution in [0.15, 0.2) is 0 Å². The first kappa shape index (κ1) is 12.4. The molecule has 0 spiro atoms. The van der Waals surface area contributed by atoms with Gasteiger partial charge in [0.05, 0.1) is 0 Å². The second-order valence-corrected chi connectivity index (χ2v) is 9.28. The highest BCUT2D eigenvalue weighted by Gasteiger charge is 2.59. The number of rotatable bonds is 1. The molecule has 0 saturated heterocycles. The van der Waals surface area contributed by atoms with E-state index in [0.29, 0.717) is 16.7 Å². The average Bonchev–Trinajstić information content (AvgIpc) is 2.85. The molecule has 0 aliphatic heterocycles. The Balaban J connectivity index is 1.60. The minimum atomic E-state index is 0.118. The normalized spacial score (nSPS) is 62.8. The molecule has 0 heterocycles. The molecule has 0 nitrogen and oxygen atoms in total. The smallest absolute Gasteiger partial charge is 0.0267 e. The molecule has 0 radical (unpaired) electrons. The van der Waals surface area contributed by atoms with Crippen molar-refractivity contribution < 1.29 is 2.74 Å². The molecular weight excluding hydrogens is 252 g/mol. The molecule has 0 aromatic carbocycles. The predicted molar refractivity (Wildman–Crippen MR) is 90.1 cm³/mol. The van der Waals surface area contributed by atoms with E-state index in [4.69, 9.17) is 2.74 Å². The van der Waals surface area contributed by atoms with Gasteiger partial charge in [-0.15, -0.1) is 0 Å². The summed E-state index contributed by atoms with van der Waals surface area (Å²) < 4.78 is 16.6. The Morgan fingerprint density at radius 3 is 2.57 bits per heavy atom. The van der Waals surface area contributed by atoms with Crippen molar-refractivity contribution in [3.63, 3.8) is 0 Å². The van der Waals surface area contributed by atoms with E-state index in [-0.39, 0.29) is 12.8 Å². The average molecular weight is 291 g/mol. The lowest BCUT2D eigenvalue weighted by Gasteiger charge is -2.60. The Labute approximate surface area is 135 Å². The van der Waals surface area contributed by atoms with Gasteiger partial charge in [0, 0.05) is 2.74 Å². The van der Waals surface area contributed by atoms with Crippen molar-refractivity contribution in [2.45, 2.75) is 91.4 Å². The molecule has 0 bridgehead atoms. The van der Waals surface area contributed by atoms with Crippen LogP contribution in [0.3, 0.4) is 0 Å². The summed E-state index contributed by atoms with van der Waals surface area (Å²) in [6, 6.07) is 0. The van der Waals surface area contributed by atoms with Crippen molar-refractivity contribution in [2.24, 2.45) is 40.4 Å². The quantitative estimate of drug-likeness (QED) is 0.521. The Hall–Kier alpha value is 0. The molecule has 4 aliphatic carbocycles. The summed E-state index contributed by atoms with van der Waals surface area (Å²) in [6.07, 6.45) is 12.3. The molecule has 4 fully saturated rings. The van der Waals surface area contributed by atoms with E-state index in [1.54, 1.807) is 0 Å². The van der Waals surface area contributed by atoms with Crippen molar-refractivity contribution in [1.82, 2.24) is 0 Å². The summed E-state index contributed by atoms with van der Waals surface area (Å²) in [4.78, 5) is 0. The van der Waals surface area contributed by atoms with Crippen LogP contribution in [0, 0.1) is 40.4 Å². The van der Waals surface area contributed by atoms with Gasteiger partial charge in [-0.2, -0.15) is 0 Å². The monoisotopic (exact) mass is 290 g/mol. The van der Waals surface area contributed by atoms with Crippen LogP contribution < -0.4 is 0 Å². The Morgan fingerprint density at radius 2 is 1.76 bits per heavy atom. The van der Waals surface area contributed by atoms with E-state index in [1.165, 1.54) is 51.4 Å². The summed E-state index contributed by atoms with van der Waals surface area (Å²) >= 11 is 0. The van der Waals surface area contributed by atoms with E-state index in [9.17, 15) is 0 Å². The molecular formula is C21H36. The van der Waals surface area contributed by atoms with Crippen molar-refractivity contribution >= 4 is 0 Å². The summed E-state index contributed by atoms with van der Waals surface area (Å²) in [5, 5.41) is 0. The van der Waals surface area contributed by atoms with Gasteiger partial charge >= 0.3 is 0 Å². The summed E-state index contributed by atoms with van der Waals surface area (Å²) in [5.74, 6) is 4.22. The maximum Gasteiger partial charge on any atom is 0.0267 e. The zero-order valence-corrected chi connectivity index (χ0v) is 14.4. The van der Waals surface area contributed by atoms with Crippen LogP contribution in [0.1, 0.15) is 94.1 Å². The highest BCUT2D eigenvalue weighted by molar-refractivity contribution is 5.08. The topological polar surface area (TPSA) is 0 Å². The number of fused-ring (bicyclic) bond motifs is 5. The first-order valence-corrected chi connectivity index (χ1v) is 9.71. The van der Waals surface area contributed by atoms with Crippen LogP contribution >= 0.6 is 0 Å². The third kappa shape index (κ3) is 1.93. The largest absolute Gasteiger partial charge is 0.0651 e. The van der Waals surface area contributed by atoms with Crippen LogP contribution in [-0.4, -0.2) is 0 Å². The molecule has 0 amide bonds. The molecule has 3 unspecified atom stereocenters. The molecule has 0 aromatic rings. The fourth-order valence-electron chi connectivity index (χ4n) is 7.63. The molecule has 0 heteroatoms. The molecule has 4 rings (SSSR count). The molecule has 9 atom stereocenters. The summed E-state index contributed by atoms with van der Waals surface area (Å²) in [6.45, 7) is 7.28. The van der Waals surface area contributed by atoms with E-state index >= 15 is 0 Å². The lowest BCUT2D eigenvalue weighted by atomic mass is 9.45. The van der Waals surface area contributed by atoms with Gasteiger partial charge in [-0.3, -0.25) is 0 Å². The predicted octanol–water partition coefficient (Wildman–Crippen LogP) is 6.45. The molecule has 120 valence electrons. The van der Waals surface area contributed by atoms with Crippen molar-refractivity contribution in [3.05, 3.63) is 0 Å². The van der Waals surface area contributed by atoms with E-state index in [1.807, 2.05) is 0 Å². The van der Waals surface area contributed by atoms with Gasteiger partial charge in [-0.25, -0.2) is 0 Å². The number of hydrogen-bond acceptors (Lipinski definition) is 0. The zero-order chi connectivity index (χ0) is 16.4. The van der Waals surface area contributed by atoms with Gasteiger partial charge in [-0.1, -0.05) is 40.0 Å². The van der Waals surface area contributed by atoms with Gasteiger partial charge in [0.1, 0.15) is 0 Å². The van der Waals surface area contributed by atoms with Crippen LogP contribution in [-0.2, 0) is 0 Å². The maximum absolute atomic E-state index is 8.34. The van der Waals surface area contributed by atoms with Crippen molar-refractivity contribution in [3.8, 4) is 0 Å². The van der Waals surface area contributed by atoms with Gasteiger partial charge in [0.15, 0.2) is 0 Å². The van der Waals surface area contributed by atoms with Gasteiger partial charge in [0.25, 0.3) is 0 Å². The van der Waals surface area contributed by atoms with E-state index in [0.717, 1.165) is 30.1 Å². The third-order valence-corrected chi connectivity index (χ3v) is 8.88. The lowest BCUT2D eigenvalue weighted by Crippen LogP contribution is -2.52. The first-order valence-electron chi connectivity index (χ1n) is 10.9. The first-order chi connectivity index (χ1) is 10.9. The Kier molecular flexibility index (Phi) is 2.96. The molecule has 21 heavy (non-hydrogen) atoms. The molecule has 0 aromatic heterocycles. The lowest BCUT2D eigenvalue weighted by molar-refractivity contribution is -0.110. The molecule has 4 saturated carbocycles. The third-order valence-electron chi connectivity index (χ3n) is 8.88. The molecule has 4 aliphatic rings. The van der Waals surface area contributed by atoms with Crippen LogP contribution in [0.4, 0.5) is 0 Å². The van der Waals surface area contributed by atoms with Crippen LogP contribution in [0.2, 0.25) is 0 Å². The zero-order valence-electron chi connectivity index (χ0n) is 16.4. The van der Waals surface area contributed by atoms with Crippen LogP contribution in [0.5, 0.6) is 0 Å². The van der Waals surface area contributed by atoms with Gasteiger partial charge in [-0.05, 0) is 91.8 Å². The highest BCUT2D eigenvalue weighted by atomic mass is 14.6. The Bertz CT molecular complexity index is 461. The summed E-state index contributed by atoms with van der Waals surface area (Å²) in [7, 11) is 0. The second kappa shape index (κ2) is 5.00. The van der Waals surface area contributed by atoms with E-state index < -0.39 is 0 Å². The maximum atomic E-state index is 8.34. The van der Waals surface area contributed by atoms with Crippen molar-refractivity contribution in [1.29, 1.82) is 0 Å².